The molecule has 0 aromatic carbocycles. The summed E-state index contributed by atoms with van der Waals surface area (Å²) in [7, 11) is 1.33. The van der Waals surface area contributed by atoms with Crippen LogP contribution in [0.5, 0.6) is 0 Å². The number of methoxy groups -OCH3 is 1. The largest absolute Gasteiger partial charge is 0.467 e. The smallest absolute Gasteiger partial charge is 0.331 e. The third-order valence-electron chi connectivity index (χ3n) is 3.29. The van der Waals surface area contributed by atoms with Crippen LogP contribution in [-0.4, -0.2) is 33.9 Å². The number of fused-ring (bicyclic) bond motifs is 1. The molecule has 114 valence electrons. The molecule has 1 N–H and O–H groups in total. The van der Waals surface area contributed by atoms with Gasteiger partial charge in [0.05, 0.1) is 19.2 Å². The van der Waals surface area contributed by atoms with E-state index in [0.717, 1.165) is 11.4 Å². The van der Waals surface area contributed by atoms with Crippen LogP contribution < -0.4 is 5.32 Å². The third kappa shape index (κ3) is 3.41. The minimum atomic E-state index is -0.988. The summed E-state index contributed by atoms with van der Waals surface area (Å²) in [6.45, 7) is 3.64. The molecule has 1 atom stereocenters. The van der Waals surface area contributed by atoms with E-state index in [-0.39, 0.29) is 12.3 Å². The number of thiazole rings is 1. The van der Waals surface area contributed by atoms with Crippen molar-refractivity contribution >= 4 is 28.2 Å². The first-order valence-electron chi connectivity index (χ1n) is 6.79. The van der Waals surface area contributed by atoms with Gasteiger partial charge in [-0.2, -0.15) is 0 Å². The number of nitrogens with zero attached hydrogens (tertiary/aromatic N) is 2. The Morgan fingerprint density at radius 1 is 1.52 bits per heavy atom. The van der Waals surface area contributed by atoms with Crippen molar-refractivity contribution in [3.05, 3.63) is 23.5 Å². The highest BCUT2D eigenvalue weighted by Gasteiger charge is 2.35. The zero-order chi connectivity index (χ0) is 15.5. The zero-order valence-corrected chi connectivity index (χ0v) is 13.2. The Hall–Kier alpha value is -1.89. The Balaban J connectivity index is 2.05. The Morgan fingerprint density at radius 2 is 2.29 bits per heavy atom. The van der Waals surface area contributed by atoms with Crippen molar-refractivity contribution in [2.45, 2.75) is 38.6 Å². The van der Waals surface area contributed by atoms with Crippen molar-refractivity contribution in [3.63, 3.8) is 0 Å². The molecule has 2 heterocycles. The van der Waals surface area contributed by atoms with E-state index in [9.17, 15) is 9.59 Å². The number of esters is 1. The van der Waals surface area contributed by atoms with Gasteiger partial charge in [0.1, 0.15) is 5.54 Å². The Kier molecular flexibility index (Phi) is 4.62. The number of amides is 1. The van der Waals surface area contributed by atoms with E-state index in [1.165, 1.54) is 18.4 Å². The lowest BCUT2D eigenvalue weighted by atomic mass is 9.96. The summed E-state index contributed by atoms with van der Waals surface area (Å²) in [5, 5.41) is 4.70. The molecule has 0 aliphatic heterocycles. The minimum Gasteiger partial charge on any atom is -0.467 e. The molecule has 2 rings (SSSR count). The fourth-order valence-electron chi connectivity index (χ4n) is 2.32. The maximum absolute atomic E-state index is 12.2. The van der Waals surface area contributed by atoms with Gasteiger partial charge in [0, 0.05) is 17.8 Å². The monoisotopic (exact) mass is 309 g/mol. The average Bonchev–Trinajstić information content (AvgIpc) is 2.98. The molecule has 1 unspecified atom stereocenters. The number of carbonyl (C=O) groups excluding carboxylic acids is 2. The maximum atomic E-state index is 12.2. The molecule has 0 aliphatic carbocycles. The summed E-state index contributed by atoms with van der Waals surface area (Å²) < 4.78 is 6.66. The van der Waals surface area contributed by atoms with Gasteiger partial charge < -0.3 is 10.1 Å². The van der Waals surface area contributed by atoms with Crippen LogP contribution in [0.15, 0.2) is 17.8 Å². The van der Waals surface area contributed by atoms with E-state index in [1.54, 1.807) is 6.92 Å². The number of ether oxygens (including phenoxy) is 1. The molecule has 21 heavy (non-hydrogen) atoms. The predicted molar refractivity (Wildman–Crippen MR) is 80.2 cm³/mol. The lowest BCUT2D eigenvalue weighted by molar-refractivity contribution is -0.150. The van der Waals surface area contributed by atoms with Crippen molar-refractivity contribution in [1.82, 2.24) is 14.7 Å². The number of carbonyl (C=O) groups is 2. The molecule has 0 spiro atoms. The molecular weight excluding hydrogens is 290 g/mol. The van der Waals surface area contributed by atoms with Gasteiger partial charge in [-0.1, -0.05) is 13.3 Å². The molecular formula is C14H19N3O3S. The molecule has 6 nitrogen and oxygen atoms in total. The minimum absolute atomic E-state index is 0.144. The van der Waals surface area contributed by atoms with Gasteiger partial charge in [0.2, 0.25) is 5.91 Å². The number of hydrogen-bond donors (Lipinski definition) is 1. The van der Waals surface area contributed by atoms with E-state index < -0.39 is 11.5 Å². The van der Waals surface area contributed by atoms with Crippen molar-refractivity contribution < 1.29 is 14.3 Å². The van der Waals surface area contributed by atoms with Gasteiger partial charge >= 0.3 is 5.97 Å². The highest BCUT2D eigenvalue weighted by molar-refractivity contribution is 7.15. The zero-order valence-electron chi connectivity index (χ0n) is 12.4. The summed E-state index contributed by atoms with van der Waals surface area (Å²) in [4.78, 5) is 29.2. The molecule has 2 aromatic heterocycles. The van der Waals surface area contributed by atoms with Crippen LogP contribution in [0.2, 0.25) is 0 Å². The quantitative estimate of drug-likeness (QED) is 0.826. The lowest BCUT2D eigenvalue weighted by Gasteiger charge is -2.27. The number of rotatable bonds is 6. The summed E-state index contributed by atoms with van der Waals surface area (Å²) in [5.74, 6) is -0.661. The summed E-state index contributed by atoms with van der Waals surface area (Å²) in [6.07, 6.45) is 5.16. The first kappa shape index (κ1) is 15.5. The normalized spacial score (nSPS) is 13.9. The highest BCUT2D eigenvalue weighted by Crippen LogP contribution is 2.16. The van der Waals surface area contributed by atoms with Crippen molar-refractivity contribution in [3.8, 4) is 0 Å². The Morgan fingerprint density at radius 3 is 2.90 bits per heavy atom. The van der Waals surface area contributed by atoms with Gasteiger partial charge in [0.25, 0.3) is 0 Å². The first-order chi connectivity index (χ1) is 9.98. The molecule has 1 amide bonds. The van der Waals surface area contributed by atoms with Gasteiger partial charge in [-0.15, -0.1) is 11.3 Å². The third-order valence-corrected chi connectivity index (χ3v) is 4.06. The Labute approximate surface area is 127 Å². The molecule has 0 aliphatic rings. The number of imidazole rings is 1. The first-order valence-corrected chi connectivity index (χ1v) is 7.67. The van der Waals surface area contributed by atoms with E-state index in [1.807, 2.05) is 29.1 Å². The van der Waals surface area contributed by atoms with Crippen LogP contribution in [0.25, 0.3) is 4.96 Å². The average molecular weight is 309 g/mol. The van der Waals surface area contributed by atoms with Gasteiger partial charge in [-0.3, -0.25) is 9.20 Å². The van der Waals surface area contributed by atoms with E-state index in [2.05, 4.69) is 10.3 Å². The topological polar surface area (TPSA) is 72.7 Å². The molecule has 2 aromatic rings. The highest BCUT2D eigenvalue weighted by atomic mass is 32.1. The second-order valence-corrected chi connectivity index (χ2v) is 6.00. The summed E-state index contributed by atoms with van der Waals surface area (Å²) >= 11 is 1.51. The standard InChI is InChI=1S/C14H19N3O3S/c1-4-5-14(2,12(19)20-3)16-11(18)8-10-9-17-6-7-21-13(17)15-10/h6-7,9H,4-5,8H2,1-3H3,(H,16,18). The van der Waals surface area contributed by atoms with E-state index in [4.69, 9.17) is 4.74 Å². The van der Waals surface area contributed by atoms with Crippen LogP contribution in [0, 0.1) is 0 Å². The van der Waals surface area contributed by atoms with Crippen LogP contribution in [-0.2, 0) is 20.7 Å². The molecule has 0 fully saturated rings. The number of aromatic nitrogens is 2. The van der Waals surface area contributed by atoms with Gasteiger partial charge in [-0.05, 0) is 13.3 Å². The Bertz CT molecular complexity index is 620. The van der Waals surface area contributed by atoms with Crippen LogP contribution in [0.4, 0.5) is 0 Å². The lowest BCUT2D eigenvalue weighted by Crippen LogP contribution is -2.53. The van der Waals surface area contributed by atoms with Gasteiger partial charge in [-0.25, -0.2) is 9.78 Å². The van der Waals surface area contributed by atoms with E-state index in [0.29, 0.717) is 12.1 Å². The van der Waals surface area contributed by atoms with Crippen molar-refractivity contribution in [2.75, 3.05) is 7.11 Å². The van der Waals surface area contributed by atoms with Crippen LogP contribution in [0.1, 0.15) is 32.4 Å². The van der Waals surface area contributed by atoms with Crippen LogP contribution >= 0.6 is 11.3 Å². The molecule has 0 radical (unpaired) electrons. The predicted octanol–water partition coefficient (Wildman–Crippen LogP) is 1.79. The molecule has 0 bridgehead atoms. The van der Waals surface area contributed by atoms with Crippen molar-refractivity contribution in [2.24, 2.45) is 0 Å². The van der Waals surface area contributed by atoms with Crippen molar-refractivity contribution in [1.29, 1.82) is 0 Å². The second kappa shape index (κ2) is 6.26. The molecule has 0 saturated heterocycles. The van der Waals surface area contributed by atoms with Crippen LogP contribution in [0.3, 0.4) is 0 Å². The molecule has 7 heteroatoms. The second-order valence-electron chi connectivity index (χ2n) is 5.12. The summed E-state index contributed by atoms with van der Waals surface area (Å²) in [6, 6.07) is 0. The number of nitrogens with one attached hydrogen (secondary N) is 1. The fourth-order valence-corrected chi connectivity index (χ4v) is 3.04. The van der Waals surface area contributed by atoms with Gasteiger partial charge in [0.15, 0.2) is 4.96 Å². The fraction of sp³-hybridized carbons (Fsp3) is 0.500. The SMILES string of the molecule is CCCC(C)(NC(=O)Cc1cn2ccsc2n1)C(=O)OC. The number of hydrogen-bond acceptors (Lipinski definition) is 5. The maximum Gasteiger partial charge on any atom is 0.331 e. The summed E-state index contributed by atoms with van der Waals surface area (Å²) in [5.41, 5.74) is -0.305. The van der Waals surface area contributed by atoms with E-state index >= 15 is 0 Å². The molecule has 0 saturated carbocycles.